The number of benzene rings is 2. The van der Waals surface area contributed by atoms with Crippen LogP contribution in [0.4, 0.5) is 11.4 Å². The number of nitro benzene ring substituents is 1. The quantitative estimate of drug-likeness (QED) is 0.519. The van der Waals surface area contributed by atoms with Crippen LogP contribution in [0, 0.1) is 17.0 Å². The predicted molar refractivity (Wildman–Crippen MR) is 73.2 cm³/mol. The van der Waals surface area contributed by atoms with Gasteiger partial charge in [0.05, 0.1) is 4.92 Å². The van der Waals surface area contributed by atoms with Crippen LogP contribution in [0.25, 0.3) is 0 Å². The molecule has 0 aliphatic heterocycles. The molecule has 0 unspecified atom stereocenters. The second-order valence-electron chi connectivity index (χ2n) is 4.10. The fourth-order valence-electron chi connectivity index (χ4n) is 1.56. The van der Waals surface area contributed by atoms with E-state index in [1.807, 2.05) is 6.92 Å². The Balaban J connectivity index is 2.22. The third-order valence-corrected chi connectivity index (χ3v) is 2.59. The molecule has 0 spiro atoms. The molecular weight excluding hydrogens is 244 g/mol. The molecule has 0 aliphatic rings. The van der Waals surface area contributed by atoms with Crippen LogP contribution < -0.4 is 0 Å². The Hall–Kier alpha value is -2.69. The summed E-state index contributed by atoms with van der Waals surface area (Å²) < 4.78 is 0. The van der Waals surface area contributed by atoms with E-state index in [0.717, 1.165) is 11.1 Å². The lowest BCUT2D eigenvalue weighted by molar-refractivity contribution is -0.384. The summed E-state index contributed by atoms with van der Waals surface area (Å²) in [5.41, 5.74) is 2.23. The zero-order chi connectivity index (χ0) is 13.8. The highest BCUT2D eigenvalue weighted by Crippen LogP contribution is 2.26. The highest BCUT2D eigenvalue weighted by molar-refractivity contribution is 5.83. The molecule has 19 heavy (non-hydrogen) atoms. The molecule has 0 atom stereocenters. The molecule has 0 saturated carbocycles. The summed E-state index contributed by atoms with van der Waals surface area (Å²) in [6.45, 7) is 1.91. The summed E-state index contributed by atoms with van der Waals surface area (Å²) in [7, 11) is 0. The van der Waals surface area contributed by atoms with Crippen LogP contribution in [0.15, 0.2) is 47.5 Å². The van der Waals surface area contributed by atoms with Crippen LogP contribution in [0.2, 0.25) is 0 Å². The van der Waals surface area contributed by atoms with Crippen LogP contribution in [0.5, 0.6) is 5.75 Å². The molecule has 0 aliphatic carbocycles. The zero-order valence-electron chi connectivity index (χ0n) is 10.3. The SMILES string of the molecule is Cc1ccc(O)c(N=Cc2ccc([N+](=O)[O-])cc2)c1. The third kappa shape index (κ3) is 3.16. The van der Waals surface area contributed by atoms with E-state index < -0.39 is 4.92 Å². The minimum atomic E-state index is -0.451. The van der Waals surface area contributed by atoms with Crippen molar-refractivity contribution < 1.29 is 10.0 Å². The second-order valence-corrected chi connectivity index (χ2v) is 4.10. The number of aliphatic imine (C=N–C) groups is 1. The minimum absolute atomic E-state index is 0.0375. The van der Waals surface area contributed by atoms with Crippen LogP contribution >= 0.6 is 0 Å². The van der Waals surface area contributed by atoms with Crippen molar-refractivity contribution in [2.75, 3.05) is 0 Å². The molecule has 0 fully saturated rings. The Morgan fingerprint density at radius 3 is 2.53 bits per heavy atom. The Kier molecular flexibility index (Phi) is 3.56. The van der Waals surface area contributed by atoms with E-state index in [1.54, 1.807) is 36.5 Å². The molecule has 0 radical (unpaired) electrons. The summed E-state index contributed by atoms with van der Waals surface area (Å²) in [6, 6.07) is 11.2. The number of nitro groups is 1. The molecule has 0 heterocycles. The van der Waals surface area contributed by atoms with E-state index in [0.29, 0.717) is 5.69 Å². The van der Waals surface area contributed by atoms with E-state index in [2.05, 4.69) is 4.99 Å². The largest absolute Gasteiger partial charge is 0.506 e. The maximum Gasteiger partial charge on any atom is 0.269 e. The van der Waals surface area contributed by atoms with Gasteiger partial charge >= 0.3 is 0 Å². The van der Waals surface area contributed by atoms with E-state index >= 15 is 0 Å². The molecule has 0 aromatic heterocycles. The van der Waals surface area contributed by atoms with Crippen LogP contribution in [-0.4, -0.2) is 16.2 Å². The summed E-state index contributed by atoms with van der Waals surface area (Å²) in [6.07, 6.45) is 1.55. The van der Waals surface area contributed by atoms with Crippen molar-refractivity contribution >= 4 is 17.6 Å². The van der Waals surface area contributed by atoms with Gasteiger partial charge in [-0.2, -0.15) is 0 Å². The van der Waals surface area contributed by atoms with Crippen LogP contribution in [-0.2, 0) is 0 Å². The summed E-state index contributed by atoms with van der Waals surface area (Å²) in [5, 5.41) is 20.1. The first-order valence-electron chi connectivity index (χ1n) is 5.64. The van der Waals surface area contributed by atoms with Gasteiger partial charge in [-0.15, -0.1) is 0 Å². The molecular formula is C14H12N2O3. The van der Waals surface area contributed by atoms with Crippen molar-refractivity contribution in [3.8, 4) is 5.75 Å². The third-order valence-electron chi connectivity index (χ3n) is 2.59. The highest BCUT2D eigenvalue weighted by atomic mass is 16.6. The monoisotopic (exact) mass is 256 g/mol. The van der Waals surface area contributed by atoms with Crippen LogP contribution in [0.1, 0.15) is 11.1 Å². The molecule has 2 rings (SSSR count). The Bertz CT molecular complexity index is 634. The van der Waals surface area contributed by atoms with Gasteiger partial charge in [0.15, 0.2) is 0 Å². The smallest absolute Gasteiger partial charge is 0.269 e. The first kappa shape index (κ1) is 12.8. The first-order valence-corrected chi connectivity index (χ1v) is 5.64. The van der Waals surface area contributed by atoms with Crippen molar-refractivity contribution in [3.63, 3.8) is 0 Å². The van der Waals surface area contributed by atoms with Gasteiger partial charge in [0.1, 0.15) is 11.4 Å². The van der Waals surface area contributed by atoms with Crippen molar-refractivity contribution in [2.24, 2.45) is 4.99 Å². The molecule has 5 heteroatoms. The first-order chi connectivity index (χ1) is 9.06. The lowest BCUT2D eigenvalue weighted by atomic mass is 10.2. The fourth-order valence-corrected chi connectivity index (χ4v) is 1.56. The van der Waals surface area contributed by atoms with Gasteiger partial charge in [0, 0.05) is 18.3 Å². The van der Waals surface area contributed by atoms with Gasteiger partial charge in [-0.3, -0.25) is 15.1 Å². The number of hydrogen-bond donors (Lipinski definition) is 1. The molecule has 5 nitrogen and oxygen atoms in total. The van der Waals surface area contributed by atoms with Gasteiger partial charge in [0.2, 0.25) is 0 Å². The van der Waals surface area contributed by atoms with Crippen molar-refractivity contribution in [1.82, 2.24) is 0 Å². The van der Waals surface area contributed by atoms with Crippen molar-refractivity contribution in [3.05, 3.63) is 63.7 Å². The highest BCUT2D eigenvalue weighted by Gasteiger charge is 2.03. The Morgan fingerprint density at radius 2 is 1.89 bits per heavy atom. The number of aromatic hydroxyl groups is 1. The molecule has 0 saturated heterocycles. The van der Waals surface area contributed by atoms with E-state index in [1.165, 1.54) is 12.1 Å². The Labute approximate surface area is 110 Å². The van der Waals surface area contributed by atoms with Gasteiger partial charge < -0.3 is 5.11 Å². The maximum atomic E-state index is 10.5. The van der Waals surface area contributed by atoms with Gasteiger partial charge in [-0.05, 0) is 42.3 Å². The topological polar surface area (TPSA) is 75.7 Å². The Morgan fingerprint density at radius 1 is 1.21 bits per heavy atom. The van der Waals surface area contributed by atoms with Gasteiger partial charge in [-0.25, -0.2) is 0 Å². The normalized spacial score (nSPS) is 10.8. The molecule has 2 aromatic rings. The average Bonchev–Trinajstić information content (AvgIpc) is 2.40. The van der Waals surface area contributed by atoms with Gasteiger partial charge in [0.25, 0.3) is 5.69 Å². The predicted octanol–water partition coefficient (Wildman–Crippen LogP) is 3.36. The van der Waals surface area contributed by atoms with E-state index in [9.17, 15) is 15.2 Å². The molecule has 2 aromatic carbocycles. The zero-order valence-corrected chi connectivity index (χ0v) is 10.3. The molecule has 96 valence electrons. The number of nitrogens with zero attached hydrogens (tertiary/aromatic N) is 2. The second kappa shape index (κ2) is 5.30. The van der Waals surface area contributed by atoms with Gasteiger partial charge in [-0.1, -0.05) is 6.07 Å². The average molecular weight is 256 g/mol. The van der Waals surface area contributed by atoms with Crippen LogP contribution in [0.3, 0.4) is 0 Å². The number of non-ortho nitro benzene ring substituents is 1. The van der Waals surface area contributed by atoms with Crippen molar-refractivity contribution in [1.29, 1.82) is 0 Å². The molecule has 0 amide bonds. The summed E-state index contributed by atoms with van der Waals surface area (Å²) >= 11 is 0. The standard InChI is InChI=1S/C14H12N2O3/c1-10-2-7-14(17)13(8-10)15-9-11-3-5-12(6-4-11)16(18)19/h2-9,17H,1H3. The molecule has 0 bridgehead atoms. The molecule has 1 N–H and O–H groups in total. The lowest BCUT2D eigenvalue weighted by Crippen LogP contribution is -1.88. The van der Waals surface area contributed by atoms with E-state index in [-0.39, 0.29) is 11.4 Å². The number of hydrogen-bond acceptors (Lipinski definition) is 4. The number of aryl methyl sites for hydroxylation is 1. The summed E-state index contributed by atoms with van der Waals surface area (Å²) in [4.78, 5) is 14.2. The fraction of sp³-hybridized carbons (Fsp3) is 0.0714. The number of rotatable bonds is 3. The summed E-state index contributed by atoms with van der Waals surface area (Å²) in [5.74, 6) is 0.101. The van der Waals surface area contributed by atoms with E-state index in [4.69, 9.17) is 0 Å². The minimum Gasteiger partial charge on any atom is -0.506 e. The number of phenolic OH excluding ortho intramolecular Hbond substituents is 1. The lowest BCUT2D eigenvalue weighted by Gasteiger charge is -2.00. The van der Waals surface area contributed by atoms with Crippen molar-refractivity contribution in [2.45, 2.75) is 6.92 Å². The number of phenols is 1. The maximum absolute atomic E-state index is 10.5.